The fraction of sp³-hybridized carbons (Fsp3) is 0.333. The van der Waals surface area contributed by atoms with Gasteiger partial charge in [0.2, 0.25) is 5.88 Å². The van der Waals surface area contributed by atoms with E-state index in [1.54, 1.807) is 6.08 Å². The normalized spacial score (nSPS) is 23.1. The van der Waals surface area contributed by atoms with E-state index in [9.17, 15) is 8.42 Å². The van der Waals surface area contributed by atoms with Crippen molar-refractivity contribution in [2.75, 3.05) is 18.8 Å². The summed E-state index contributed by atoms with van der Waals surface area (Å²) in [5.74, 6) is 0.424. The molecule has 3 N–H and O–H groups in total. The fourth-order valence-electron chi connectivity index (χ4n) is 6.12. The molecule has 8 bridgehead atoms. The van der Waals surface area contributed by atoms with Crippen molar-refractivity contribution in [2.45, 2.75) is 44.8 Å². The number of nitrogens with one attached hydrogen (secondary N) is 3. The number of nitrogens with zero attached hydrogens (tertiary/aromatic N) is 4. The first-order valence-corrected chi connectivity index (χ1v) is 16.7. The smallest absolute Gasteiger partial charge is 0.216 e. The zero-order valence-electron chi connectivity index (χ0n) is 24.7. The number of rotatable bonds is 6. The highest BCUT2D eigenvalue weighted by atomic mass is 32.2. The van der Waals surface area contributed by atoms with E-state index in [-0.39, 0.29) is 22.7 Å². The van der Waals surface area contributed by atoms with Gasteiger partial charge in [0.15, 0.2) is 9.84 Å². The van der Waals surface area contributed by atoms with Gasteiger partial charge < -0.3 is 20.4 Å². The van der Waals surface area contributed by atoms with Crippen LogP contribution in [-0.2, 0) is 15.4 Å². The summed E-state index contributed by atoms with van der Waals surface area (Å²) in [7, 11) is -3.72. The van der Waals surface area contributed by atoms with Gasteiger partial charge in [0, 0.05) is 23.2 Å². The molecule has 11 heteroatoms. The molecule has 7 heterocycles. The van der Waals surface area contributed by atoms with Gasteiger partial charge in [-0.1, -0.05) is 19.9 Å². The summed E-state index contributed by atoms with van der Waals surface area (Å²) in [6.45, 7) is 5.62. The molecule has 44 heavy (non-hydrogen) atoms. The first kappa shape index (κ1) is 28.4. The summed E-state index contributed by atoms with van der Waals surface area (Å²) in [6, 6.07) is 5.80. The molecule has 0 spiro atoms. The quantitative estimate of drug-likeness (QED) is 0.458. The van der Waals surface area contributed by atoms with Crippen molar-refractivity contribution in [3.63, 3.8) is 0 Å². The summed E-state index contributed by atoms with van der Waals surface area (Å²) >= 11 is 0. The van der Waals surface area contributed by atoms with Gasteiger partial charge in [0.05, 0.1) is 40.0 Å². The molecule has 10 nitrogen and oxygen atoms in total. The summed E-state index contributed by atoms with van der Waals surface area (Å²) in [4.78, 5) is 22.3. The van der Waals surface area contributed by atoms with E-state index in [2.05, 4.69) is 25.6 Å². The Hall–Kier alpha value is -4.35. The average Bonchev–Trinajstić information content (AvgIpc) is 3.79. The Morgan fingerprint density at radius 1 is 1.00 bits per heavy atom. The zero-order valence-corrected chi connectivity index (χ0v) is 25.6. The Kier molecular flexibility index (Phi) is 7.30. The van der Waals surface area contributed by atoms with Crippen LogP contribution in [0.15, 0.2) is 93.0 Å². The second-order valence-corrected chi connectivity index (χ2v) is 14.1. The lowest BCUT2D eigenvalue weighted by atomic mass is 9.91. The summed E-state index contributed by atoms with van der Waals surface area (Å²) in [5, 5.41) is 8.71. The standard InChI is InChI=1S/C33H35N7O3S/c1-21(2)19-44(41,42)32-28-8-7-25(39-28)16-23-4-3-22(37-23)15-24-5-6-26(38-24)18-33(12-9-29(32)40-33)30-17-31(36-20-35-30)43-27-10-13-34-14-11-27/h3-9,15-18,20-21,27,34,37,40H,10-14,19H2,1-2H3. The Morgan fingerprint density at radius 2 is 1.75 bits per heavy atom. The molecule has 1 saturated heterocycles. The van der Waals surface area contributed by atoms with Crippen molar-refractivity contribution < 1.29 is 13.2 Å². The lowest BCUT2D eigenvalue weighted by Gasteiger charge is -2.29. The monoisotopic (exact) mass is 609 g/mol. The third kappa shape index (κ3) is 5.77. The van der Waals surface area contributed by atoms with Crippen LogP contribution < -0.4 is 26.1 Å². The number of hydrogen-bond acceptors (Lipinski definition) is 9. The largest absolute Gasteiger partial charge is 0.474 e. The number of piperidine rings is 1. The number of hydrogen-bond donors (Lipinski definition) is 3. The lowest BCUT2D eigenvalue weighted by molar-refractivity contribution is 0.155. The molecule has 0 aliphatic carbocycles. The second-order valence-electron chi connectivity index (χ2n) is 12.1. The fourth-order valence-corrected chi connectivity index (χ4v) is 8.07. The summed E-state index contributed by atoms with van der Waals surface area (Å²) in [5.41, 5.74) is 2.87. The van der Waals surface area contributed by atoms with Gasteiger partial charge in [-0.25, -0.2) is 28.4 Å². The summed E-state index contributed by atoms with van der Waals surface area (Å²) < 4.78 is 34.3. The van der Waals surface area contributed by atoms with Crippen LogP contribution in [0.2, 0.25) is 0 Å². The highest BCUT2D eigenvalue weighted by molar-refractivity contribution is 7.95. The third-order valence-electron chi connectivity index (χ3n) is 8.08. The molecule has 7 rings (SSSR count). The highest BCUT2D eigenvalue weighted by Gasteiger charge is 2.41. The number of H-pyrrole nitrogens is 1. The molecule has 0 radical (unpaired) electrons. The maximum atomic E-state index is 14.0. The van der Waals surface area contributed by atoms with Crippen molar-refractivity contribution in [3.8, 4) is 5.88 Å². The number of aromatic nitrogens is 3. The molecule has 226 valence electrons. The van der Waals surface area contributed by atoms with E-state index in [4.69, 9.17) is 14.7 Å². The van der Waals surface area contributed by atoms with Gasteiger partial charge >= 0.3 is 0 Å². The van der Waals surface area contributed by atoms with Gasteiger partial charge in [-0.2, -0.15) is 0 Å². The molecule has 1 unspecified atom stereocenters. The number of aromatic amines is 1. The molecule has 5 aliphatic heterocycles. The predicted molar refractivity (Wildman–Crippen MR) is 172 cm³/mol. The third-order valence-corrected chi connectivity index (χ3v) is 10.2. The van der Waals surface area contributed by atoms with Crippen molar-refractivity contribution in [3.05, 3.63) is 99.4 Å². The van der Waals surface area contributed by atoms with E-state index in [0.29, 0.717) is 35.1 Å². The van der Waals surface area contributed by atoms with Gasteiger partial charge in [0.25, 0.3) is 0 Å². The number of fused-ring (bicyclic) bond motifs is 6. The zero-order chi connectivity index (χ0) is 30.3. The van der Waals surface area contributed by atoms with Gasteiger partial charge in [0.1, 0.15) is 22.9 Å². The SMILES string of the molecule is CC(C)CS(=O)(=O)C1=C2C=CC(=N2)C=c2ccc([nH]2)=CC2=NC(=CC3(c4cc(OC5CCNCC5)ncn4)CC=C1N3)C=C2. The average molecular weight is 610 g/mol. The molecule has 0 saturated carbocycles. The first-order chi connectivity index (χ1) is 21.2. The lowest BCUT2D eigenvalue weighted by Crippen LogP contribution is -2.38. The molecule has 1 atom stereocenters. The number of sulfone groups is 1. The van der Waals surface area contributed by atoms with Crippen LogP contribution in [0.5, 0.6) is 5.88 Å². The van der Waals surface area contributed by atoms with Crippen LogP contribution in [0, 0.1) is 5.92 Å². The highest BCUT2D eigenvalue weighted by Crippen LogP contribution is 2.40. The van der Waals surface area contributed by atoms with E-state index in [1.165, 1.54) is 6.33 Å². The van der Waals surface area contributed by atoms with Crippen LogP contribution in [0.1, 0.15) is 38.8 Å². The molecular formula is C33H35N7O3S. The van der Waals surface area contributed by atoms with Crippen LogP contribution >= 0.6 is 0 Å². The molecule has 0 amide bonds. The Morgan fingerprint density at radius 3 is 2.52 bits per heavy atom. The Labute approximate surface area is 256 Å². The molecule has 0 aromatic carbocycles. The minimum absolute atomic E-state index is 0.00466. The van der Waals surface area contributed by atoms with E-state index < -0.39 is 15.4 Å². The van der Waals surface area contributed by atoms with Gasteiger partial charge in [-0.15, -0.1) is 0 Å². The van der Waals surface area contributed by atoms with E-state index in [0.717, 1.165) is 48.0 Å². The molecular weight excluding hydrogens is 574 g/mol. The Bertz CT molecular complexity index is 1950. The Balaban J connectivity index is 1.38. The first-order valence-electron chi connectivity index (χ1n) is 15.1. The number of allylic oxidation sites excluding steroid dienone is 4. The van der Waals surface area contributed by atoms with Crippen molar-refractivity contribution in [1.29, 1.82) is 0 Å². The van der Waals surface area contributed by atoms with Crippen molar-refractivity contribution in [1.82, 2.24) is 25.6 Å². The van der Waals surface area contributed by atoms with Crippen molar-refractivity contribution >= 4 is 33.4 Å². The number of aliphatic imine (C=N–C) groups is 2. The maximum absolute atomic E-state index is 14.0. The molecule has 5 aliphatic rings. The minimum Gasteiger partial charge on any atom is -0.474 e. The van der Waals surface area contributed by atoms with Gasteiger partial charge in [-0.3, -0.25) is 0 Å². The van der Waals surface area contributed by atoms with Crippen molar-refractivity contribution in [2.24, 2.45) is 15.9 Å². The van der Waals surface area contributed by atoms with Crippen LogP contribution in [-0.4, -0.2) is 59.7 Å². The van der Waals surface area contributed by atoms with Crippen LogP contribution in [0.3, 0.4) is 0 Å². The van der Waals surface area contributed by atoms with Gasteiger partial charge in [-0.05, 0) is 86.5 Å². The predicted octanol–water partition coefficient (Wildman–Crippen LogP) is 2.47. The molecule has 2 aromatic heterocycles. The summed E-state index contributed by atoms with van der Waals surface area (Å²) in [6.07, 6.45) is 19.2. The molecule has 1 fully saturated rings. The molecule has 2 aromatic rings. The second kappa shape index (κ2) is 11.3. The van der Waals surface area contributed by atoms with Crippen LogP contribution in [0.25, 0.3) is 12.2 Å². The maximum Gasteiger partial charge on any atom is 0.216 e. The van der Waals surface area contributed by atoms with Crippen LogP contribution in [0.4, 0.5) is 0 Å². The van der Waals surface area contributed by atoms with E-state index in [1.807, 2.05) is 74.6 Å². The van der Waals surface area contributed by atoms with E-state index >= 15 is 0 Å². The topological polar surface area (TPSA) is 134 Å². The number of ether oxygens (including phenoxy) is 1. The minimum atomic E-state index is -3.72.